The van der Waals surface area contributed by atoms with Crippen molar-refractivity contribution in [3.63, 3.8) is 0 Å². The lowest BCUT2D eigenvalue weighted by Gasteiger charge is -2.32. The Hall–Kier alpha value is -2.71. The molecule has 0 saturated heterocycles. The molecule has 0 saturated carbocycles. The molecule has 1 rings (SSSR count). The van der Waals surface area contributed by atoms with Gasteiger partial charge in [0.15, 0.2) is 17.0 Å². The normalized spacial score (nSPS) is 12.3. The molecular formula is C19H26FNO7. The minimum absolute atomic E-state index is 0.362. The largest absolute Gasteiger partial charge is 0.494 e. The van der Waals surface area contributed by atoms with Gasteiger partial charge in [-0.1, -0.05) is 0 Å². The van der Waals surface area contributed by atoms with E-state index in [1.165, 1.54) is 0 Å². The van der Waals surface area contributed by atoms with Crippen LogP contribution in [-0.4, -0.2) is 35.2 Å². The van der Waals surface area contributed by atoms with Crippen LogP contribution in [0, 0.1) is 15.9 Å². The summed E-state index contributed by atoms with van der Waals surface area (Å²) in [4.78, 5) is 36.6. The van der Waals surface area contributed by atoms with Crippen molar-refractivity contribution in [1.82, 2.24) is 0 Å². The van der Waals surface area contributed by atoms with Gasteiger partial charge < -0.3 is 14.2 Å². The van der Waals surface area contributed by atoms with Crippen LogP contribution in [0.4, 0.5) is 10.1 Å². The summed E-state index contributed by atoms with van der Waals surface area (Å²) in [5.74, 6) is -3.93. The van der Waals surface area contributed by atoms with E-state index in [0.717, 1.165) is 26.2 Å². The number of rotatable bonds is 5. The minimum atomic E-state index is -2.44. The van der Waals surface area contributed by atoms with Crippen LogP contribution in [0.1, 0.15) is 54.0 Å². The lowest BCUT2D eigenvalue weighted by Crippen LogP contribution is -2.48. The molecule has 0 bridgehead atoms. The number of hydrogen-bond acceptors (Lipinski definition) is 7. The van der Waals surface area contributed by atoms with Crippen LogP contribution in [0.2, 0.25) is 0 Å². The fourth-order valence-electron chi connectivity index (χ4n) is 2.38. The number of hydrogen-bond donors (Lipinski definition) is 0. The number of carbonyl (C=O) groups excluding carboxylic acids is 2. The Kier molecular flexibility index (Phi) is 6.44. The molecule has 1 aromatic rings. The van der Waals surface area contributed by atoms with Gasteiger partial charge in [0.2, 0.25) is 0 Å². The van der Waals surface area contributed by atoms with Gasteiger partial charge >= 0.3 is 11.9 Å². The molecule has 28 heavy (non-hydrogen) atoms. The maximum Gasteiger partial charge on any atom is 0.328 e. The number of nitro benzene ring substituents is 1. The molecule has 8 nitrogen and oxygen atoms in total. The van der Waals surface area contributed by atoms with E-state index in [4.69, 9.17) is 14.2 Å². The SMILES string of the molecule is COc1ccc([N+](=O)[O-])c(C(C)(C(=O)OC(C)(C)C)C(=O)OC(C)(C)C)c1F. The summed E-state index contributed by atoms with van der Waals surface area (Å²) >= 11 is 0. The van der Waals surface area contributed by atoms with Gasteiger partial charge in [-0.2, -0.15) is 0 Å². The predicted octanol–water partition coefficient (Wildman–Crippen LogP) is 3.68. The molecule has 0 spiro atoms. The van der Waals surface area contributed by atoms with Gasteiger partial charge in [0.1, 0.15) is 11.2 Å². The van der Waals surface area contributed by atoms with Gasteiger partial charge in [0.25, 0.3) is 5.69 Å². The predicted molar refractivity (Wildman–Crippen MR) is 98.6 cm³/mol. The zero-order valence-corrected chi connectivity index (χ0v) is 17.3. The molecule has 0 unspecified atom stereocenters. The summed E-state index contributed by atoms with van der Waals surface area (Å²) in [6, 6.07) is 2.01. The number of carbonyl (C=O) groups is 2. The van der Waals surface area contributed by atoms with E-state index in [1.54, 1.807) is 41.5 Å². The number of nitrogens with zero attached hydrogens (tertiary/aromatic N) is 1. The van der Waals surface area contributed by atoms with E-state index in [-0.39, 0.29) is 5.75 Å². The third kappa shape index (κ3) is 4.96. The summed E-state index contributed by atoms with van der Waals surface area (Å²) < 4.78 is 30.6. The second kappa shape index (κ2) is 7.73. The van der Waals surface area contributed by atoms with Crippen molar-refractivity contribution in [3.05, 3.63) is 33.6 Å². The summed E-state index contributed by atoms with van der Waals surface area (Å²) in [5, 5.41) is 11.5. The highest BCUT2D eigenvalue weighted by molar-refractivity contribution is 6.07. The van der Waals surface area contributed by atoms with Gasteiger partial charge in [0, 0.05) is 6.07 Å². The van der Waals surface area contributed by atoms with Crippen LogP contribution in [0.5, 0.6) is 5.75 Å². The van der Waals surface area contributed by atoms with Crippen molar-refractivity contribution >= 4 is 17.6 Å². The first-order valence-electron chi connectivity index (χ1n) is 8.53. The maximum atomic E-state index is 15.1. The number of benzene rings is 1. The fraction of sp³-hybridized carbons (Fsp3) is 0.579. The molecular weight excluding hydrogens is 373 g/mol. The van der Waals surface area contributed by atoms with E-state index < -0.39 is 50.5 Å². The molecule has 0 aliphatic carbocycles. The van der Waals surface area contributed by atoms with Gasteiger partial charge in [-0.05, 0) is 54.5 Å². The lowest BCUT2D eigenvalue weighted by atomic mass is 9.80. The molecule has 0 fully saturated rings. The molecule has 0 aromatic heterocycles. The van der Waals surface area contributed by atoms with E-state index in [0.29, 0.717) is 0 Å². The molecule has 9 heteroatoms. The second-order valence-corrected chi connectivity index (χ2v) is 8.36. The summed E-state index contributed by atoms with van der Waals surface area (Å²) in [6.07, 6.45) is 0. The van der Waals surface area contributed by atoms with Gasteiger partial charge in [-0.3, -0.25) is 19.7 Å². The van der Waals surface area contributed by atoms with Crippen LogP contribution >= 0.6 is 0 Å². The van der Waals surface area contributed by atoms with Crippen molar-refractivity contribution in [2.24, 2.45) is 0 Å². The highest BCUT2D eigenvalue weighted by atomic mass is 19.1. The Morgan fingerprint density at radius 3 is 1.71 bits per heavy atom. The van der Waals surface area contributed by atoms with Crippen LogP contribution in [-0.2, 0) is 24.5 Å². The Morgan fingerprint density at radius 1 is 0.964 bits per heavy atom. The molecule has 0 heterocycles. The smallest absolute Gasteiger partial charge is 0.328 e. The van der Waals surface area contributed by atoms with Crippen LogP contribution < -0.4 is 4.74 Å². The first kappa shape index (κ1) is 23.3. The highest BCUT2D eigenvalue weighted by Crippen LogP contribution is 2.41. The maximum absolute atomic E-state index is 15.1. The standard InChI is InChI=1S/C19H26FNO7/c1-17(2,3)27-15(22)19(7,16(23)28-18(4,5)6)13-11(21(24)25)9-10-12(26-8)14(13)20/h9-10H,1-8H3. The van der Waals surface area contributed by atoms with E-state index in [9.17, 15) is 19.7 Å². The highest BCUT2D eigenvalue weighted by Gasteiger charge is 2.54. The topological polar surface area (TPSA) is 105 Å². The Morgan fingerprint density at radius 2 is 1.39 bits per heavy atom. The molecule has 156 valence electrons. The third-order valence-corrected chi connectivity index (χ3v) is 3.62. The Bertz CT molecular complexity index is 763. The zero-order valence-electron chi connectivity index (χ0n) is 17.3. The average molecular weight is 399 g/mol. The summed E-state index contributed by atoms with van der Waals surface area (Å²) in [6.45, 7) is 10.4. The molecule has 1 aromatic carbocycles. The number of ether oxygens (including phenoxy) is 3. The molecule has 0 N–H and O–H groups in total. The number of methoxy groups -OCH3 is 1. The number of nitro groups is 1. The molecule has 0 amide bonds. The lowest BCUT2D eigenvalue weighted by molar-refractivity contribution is -0.386. The van der Waals surface area contributed by atoms with Crippen molar-refractivity contribution in [2.75, 3.05) is 7.11 Å². The van der Waals surface area contributed by atoms with Crippen LogP contribution in [0.3, 0.4) is 0 Å². The van der Waals surface area contributed by atoms with Crippen molar-refractivity contribution in [2.45, 2.75) is 65.1 Å². The van der Waals surface area contributed by atoms with Gasteiger partial charge in [-0.25, -0.2) is 4.39 Å². The molecule has 0 radical (unpaired) electrons. The van der Waals surface area contributed by atoms with Crippen molar-refractivity contribution in [1.29, 1.82) is 0 Å². The summed E-state index contributed by atoms with van der Waals surface area (Å²) in [7, 11) is 1.16. The quantitative estimate of drug-likeness (QED) is 0.322. The van der Waals surface area contributed by atoms with Gasteiger partial charge in [0.05, 0.1) is 17.6 Å². The minimum Gasteiger partial charge on any atom is -0.494 e. The zero-order chi connectivity index (χ0) is 22.1. The number of esters is 2. The van der Waals surface area contributed by atoms with E-state index in [2.05, 4.69) is 0 Å². The van der Waals surface area contributed by atoms with Crippen LogP contribution in [0.15, 0.2) is 12.1 Å². The van der Waals surface area contributed by atoms with Crippen molar-refractivity contribution in [3.8, 4) is 5.75 Å². The second-order valence-electron chi connectivity index (χ2n) is 8.36. The third-order valence-electron chi connectivity index (χ3n) is 3.62. The first-order chi connectivity index (χ1) is 12.5. The number of halogens is 1. The fourth-order valence-corrected chi connectivity index (χ4v) is 2.38. The first-order valence-corrected chi connectivity index (χ1v) is 8.53. The molecule has 0 atom stereocenters. The van der Waals surface area contributed by atoms with E-state index >= 15 is 4.39 Å². The molecule has 0 aliphatic rings. The Labute approximate surface area is 163 Å². The van der Waals surface area contributed by atoms with Crippen LogP contribution in [0.25, 0.3) is 0 Å². The van der Waals surface area contributed by atoms with Crippen molar-refractivity contribution < 1.29 is 33.1 Å². The van der Waals surface area contributed by atoms with E-state index in [1.807, 2.05) is 0 Å². The summed E-state index contributed by atoms with van der Waals surface area (Å²) in [5.41, 5.74) is -6.06. The van der Waals surface area contributed by atoms with Gasteiger partial charge in [-0.15, -0.1) is 0 Å². The Balaban J connectivity index is 3.85. The monoisotopic (exact) mass is 399 g/mol. The average Bonchev–Trinajstić information content (AvgIpc) is 2.50. The molecule has 0 aliphatic heterocycles.